The Balaban J connectivity index is 1.92. The molecule has 0 saturated carbocycles. The largest absolute Gasteiger partial charge is 0.508 e. The fourth-order valence-corrected chi connectivity index (χ4v) is 3.58. The summed E-state index contributed by atoms with van der Waals surface area (Å²) in [6.45, 7) is 2.44. The Kier molecular flexibility index (Phi) is 4.50. The third-order valence-electron chi connectivity index (χ3n) is 4.74. The Morgan fingerprint density at radius 1 is 0.926 bits per heavy atom. The van der Waals surface area contributed by atoms with Crippen LogP contribution in [0.25, 0.3) is 0 Å². The van der Waals surface area contributed by atoms with Crippen LogP contribution in [0.3, 0.4) is 0 Å². The fraction of sp³-hybridized carbons (Fsp3) is 0.136. The number of para-hydroxylation sites is 1. The van der Waals surface area contributed by atoms with Gasteiger partial charge in [-0.25, -0.2) is 0 Å². The molecule has 0 aromatic heterocycles. The lowest BCUT2D eigenvalue weighted by atomic mass is 10.1. The number of phenolic OH excluding ortho intramolecular Hbond substituents is 1. The standard InChI is InChI=1S/C22H19ClN2O2/c1-15-14-24(17-8-10-19(26)11-9-17)21-13-16(23)7-12-20(21)25(22(15)27)18-5-3-2-4-6-18/h2-13,15,26H,14H2,1H3. The molecule has 27 heavy (non-hydrogen) atoms. The summed E-state index contributed by atoms with van der Waals surface area (Å²) in [7, 11) is 0. The van der Waals surface area contributed by atoms with Crippen LogP contribution in [-0.2, 0) is 4.79 Å². The quantitative estimate of drug-likeness (QED) is 0.640. The molecule has 1 aliphatic rings. The van der Waals surface area contributed by atoms with Gasteiger partial charge in [-0.3, -0.25) is 9.69 Å². The number of fused-ring (bicyclic) bond motifs is 1. The van der Waals surface area contributed by atoms with Crippen molar-refractivity contribution >= 4 is 40.3 Å². The highest BCUT2D eigenvalue weighted by molar-refractivity contribution is 6.31. The van der Waals surface area contributed by atoms with Crippen molar-refractivity contribution in [3.63, 3.8) is 0 Å². The molecule has 1 N–H and O–H groups in total. The minimum Gasteiger partial charge on any atom is -0.508 e. The van der Waals surface area contributed by atoms with Crippen LogP contribution in [0.5, 0.6) is 5.75 Å². The Bertz CT molecular complexity index is 973. The number of benzene rings is 3. The van der Waals surface area contributed by atoms with E-state index in [-0.39, 0.29) is 17.6 Å². The van der Waals surface area contributed by atoms with Crippen molar-refractivity contribution in [3.8, 4) is 5.75 Å². The van der Waals surface area contributed by atoms with Gasteiger partial charge in [0, 0.05) is 22.9 Å². The highest BCUT2D eigenvalue weighted by atomic mass is 35.5. The molecule has 0 radical (unpaired) electrons. The van der Waals surface area contributed by atoms with Crippen LogP contribution in [0.15, 0.2) is 72.8 Å². The summed E-state index contributed by atoms with van der Waals surface area (Å²) in [6, 6.07) is 22.2. The highest BCUT2D eigenvalue weighted by Gasteiger charge is 2.33. The number of carbonyl (C=O) groups is 1. The zero-order chi connectivity index (χ0) is 19.0. The van der Waals surface area contributed by atoms with Gasteiger partial charge < -0.3 is 10.0 Å². The van der Waals surface area contributed by atoms with Crippen molar-refractivity contribution in [1.82, 2.24) is 0 Å². The summed E-state index contributed by atoms with van der Waals surface area (Å²) in [5.74, 6) is 0.00571. The number of rotatable bonds is 2. The molecule has 3 aromatic rings. The Morgan fingerprint density at radius 3 is 2.33 bits per heavy atom. The molecular formula is C22H19ClN2O2. The summed E-state index contributed by atoms with van der Waals surface area (Å²) in [6.07, 6.45) is 0. The van der Waals surface area contributed by atoms with E-state index in [9.17, 15) is 9.90 Å². The van der Waals surface area contributed by atoms with Crippen molar-refractivity contribution in [1.29, 1.82) is 0 Å². The monoisotopic (exact) mass is 378 g/mol. The van der Waals surface area contributed by atoms with Gasteiger partial charge in [-0.05, 0) is 54.6 Å². The van der Waals surface area contributed by atoms with Gasteiger partial charge in [0.05, 0.1) is 17.3 Å². The second kappa shape index (κ2) is 6.97. The summed E-state index contributed by atoms with van der Waals surface area (Å²) in [4.78, 5) is 17.1. The predicted molar refractivity (Wildman–Crippen MR) is 109 cm³/mol. The van der Waals surface area contributed by atoms with Crippen molar-refractivity contribution in [2.24, 2.45) is 5.92 Å². The molecule has 5 heteroatoms. The second-order valence-electron chi connectivity index (χ2n) is 6.67. The van der Waals surface area contributed by atoms with Crippen molar-refractivity contribution < 1.29 is 9.90 Å². The molecular weight excluding hydrogens is 360 g/mol. The second-order valence-corrected chi connectivity index (χ2v) is 7.11. The van der Waals surface area contributed by atoms with Gasteiger partial charge in [0.15, 0.2) is 0 Å². The molecule has 1 unspecified atom stereocenters. The maximum atomic E-state index is 13.3. The van der Waals surface area contributed by atoms with Crippen LogP contribution in [-0.4, -0.2) is 17.6 Å². The molecule has 1 atom stereocenters. The third kappa shape index (κ3) is 3.24. The predicted octanol–water partition coefficient (Wildman–Crippen LogP) is 5.50. The molecule has 3 aromatic carbocycles. The number of hydrogen-bond acceptors (Lipinski definition) is 3. The SMILES string of the molecule is CC1CN(c2ccc(O)cc2)c2cc(Cl)ccc2N(c2ccccc2)C1=O. The maximum absolute atomic E-state index is 13.3. The lowest BCUT2D eigenvalue weighted by molar-refractivity contribution is -0.120. The number of hydrogen-bond donors (Lipinski definition) is 1. The maximum Gasteiger partial charge on any atom is 0.236 e. The van der Waals surface area contributed by atoms with Crippen molar-refractivity contribution in [2.45, 2.75) is 6.92 Å². The average Bonchev–Trinajstić information content (AvgIpc) is 2.78. The van der Waals surface area contributed by atoms with Gasteiger partial charge in [0.2, 0.25) is 5.91 Å². The van der Waals surface area contributed by atoms with E-state index >= 15 is 0 Å². The van der Waals surface area contributed by atoms with E-state index in [1.54, 1.807) is 23.1 Å². The van der Waals surface area contributed by atoms with Crippen molar-refractivity contribution in [2.75, 3.05) is 16.3 Å². The first-order valence-corrected chi connectivity index (χ1v) is 9.17. The molecule has 0 fully saturated rings. The van der Waals surface area contributed by atoms with Crippen LogP contribution < -0.4 is 9.80 Å². The molecule has 1 amide bonds. The summed E-state index contributed by atoms with van der Waals surface area (Å²) < 4.78 is 0. The lowest BCUT2D eigenvalue weighted by Gasteiger charge is -2.27. The van der Waals surface area contributed by atoms with Gasteiger partial charge in [-0.1, -0.05) is 36.7 Å². The fourth-order valence-electron chi connectivity index (χ4n) is 3.41. The van der Waals surface area contributed by atoms with E-state index in [0.29, 0.717) is 11.6 Å². The van der Waals surface area contributed by atoms with Crippen molar-refractivity contribution in [3.05, 3.63) is 77.8 Å². The lowest BCUT2D eigenvalue weighted by Crippen LogP contribution is -2.32. The summed E-state index contributed by atoms with van der Waals surface area (Å²) >= 11 is 6.30. The average molecular weight is 379 g/mol. The van der Waals surface area contributed by atoms with Crippen LogP contribution >= 0.6 is 11.6 Å². The van der Waals surface area contributed by atoms with Crippen LogP contribution in [0.2, 0.25) is 5.02 Å². The van der Waals surface area contributed by atoms with E-state index in [2.05, 4.69) is 4.90 Å². The smallest absolute Gasteiger partial charge is 0.236 e. The first-order valence-electron chi connectivity index (χ1n) is 8.80. The number of anilines is 4. The molecule has 0 saturated heterocycles. The Labute approximate surface area is 163 Å². The normalized spacial score (nSPS) is 16.8. The van der Waals surface area contributed by atoms with Gasteiger partial charge in [-0.15, -0.1) is 0 Å². The van der Waals surface area contributed by atoms with E-state index in [1.807, 2.05) is 61.5 Å². The minimum absolute atomic E-state index is 0.0334. The summed E-state index contributed by atoms with van der Waals surface area (Å²) in [5, 5.41) is 10.2. The third-order valence-corrected chi connectivity index (χ3v) is 4.98. The number of phenols is 1. The van der Waals surface area contributed by atoms with Gasteiger partial charge >= 0.3 is 0 Å². The van der Waals surface area contributed by atoms with Gasteiger partial charge in [-0.2, -0.15) is 0 Å². The number of carbonyl (C=O) groups excluding carboxylic acids is 1. The first kappa shape index (κ1) is 17.4. The Morgan fingerprint density at radius 2 is 1.63 bits per heavy atom. The number of aromatic hydroxyl groups is 1. The molecule has 1 heterocycles. The molecule has 4 rings (SSSR count). The number of amides is 1. The van der Waals surface area contributed by atoms with Crippen LogP contribution in [0, 0.1) is 5.92 Å². The zero-order valence-electron chi connectivity index (χ0n) is 14.8. The zero-order valence-corrected chi connectivity index (χ0v) is 15.6. The first-order chi connectivity index (χ1) is 13.0. The van der Waals surface area contributed by atoms with Gasteiger partial charge in [0.25, 0.3) is 0 Å². The van der Waals surface area contributed by atoms with Crippen LogP contribution in [0.1, 0.15) is 6.92 Å². The molecule has 0 bridgehead atoms. The van der Waals surface area contributed by atoms with E-state index < -0.39 is 0 Å². The van der Waals surface area contributed by atoms with E-state index in [4.69, 9.17) is 11.6 Å². The van der Waals surface area contributed by atoms with Gasteiger partial charge in [0.1, 0.15) is 5.75 Å². The minimum atomic E-state index is -0.231. The topological polar surface area (TPSA) is 43.8 Å². The Hall–Kier alpha value is -2.98. The molecule has 4 nitrogen and oxygen atoms in total. The molecule has 0 aliphatic carbocycles. The molecule has 136 valence electrons. The molecule has 0 spiro atoms. The van der Waals surface area contributed by atoms with E-state index in [0.717, 1.165) is 22.7 Å². The summed E-state index contributed by atoms with van der Waals surface area (Å²) in [5.41, 5.74) is 3.36. The number of nitrogens with zero attached hydrogens (tertiary/aromatic N) is 2. The van der Waals surface area contributed by atoms with E-state index in [1.165, 1.54) is 0 Å². The molecule has 1 aliphatic heterocycles. The highest BCUT2D eigenvalue weighted by Crippen LogP contribution is 2.43. The van der Waals surface area contributed by atoms with Crippen LogP contribution in [0.4, 0.5) is 22.7 Å². The number of halogens is 1.